The highest BCUT2D eigenvalue weighted by atomic mass is 32.1. The molecular formula is C19H18N2O3S. The molecule has 5 nitrogen and oxygen atoms in total. The molecular weight excluding hydrogens is 336 g/mol. The highest BCUT2D eigenvalue weighted by Crippen LogP contribution is 2.31. The third-order valence-corrected chi connectivity index (χ3v) is 4.27. The second-order valence-electron chi connectivity index (χ2n) is 5.13. The van der Waals surface area contributed by atoms with Crippen LogP contribution in [0.2, 0.25) is 0 Å². The van der Waals surface area contributed by atoms with Gasteiger partial charge in [0.05, 0.1) is 11.9 Å². The van der Waals surface area contributed by atoms with Gasteiger partial charge in [-0.2, -0.15) is 0 Å². The molecule has 128 valence electrons. The minimum atomic E-state index is -0.564. The second kappa shape index (κ2) is 8.41. The molecule has 0 saturated heterocycles. The summed E-state index contributed by atoms with van der Waals surface area (Å²) in [6.45, 7) is 2.41. The van der Waals surface area contributed by atoms with Crippen LogP contribution in [0.15, 0.2) is 66.3 Å². The van der Waals surface area contributed by atoms with Crippen LogP contribution in [-0.4, -0.2) is 17.5 Å². The van der Waals surface area contributed by atoms with Crippen molar-refractivity contribution in [2.75, 3.05) is 11.9 Å². The molecule has 0 saturated carbocycles. The maximum Gasteiger partial charge on any atom is 0.269 e. The van der Waals surface area contributed by atoms with E-state index in [1.807, 2.05) is 42.6 Å². The van der Waals surface area contributed by atoms with Crippen LogP contribution in [-0.2, 0) is 4.74 Å². The van der Waals surface area contributed by atoms with Gasteiger partial charge in [0.2, 0.25) is 6.29 Å². The number of hydrogen-bond acceptors (Lipinski definition) is 5. The average Bonchev–Trinajstić information content (AvgIpc) is 3.11. The second-order valence-corrected chi connectivity index (χ2v) is 6.04. The predicted molar refractivity (Wildman–Crippen MR) is 97.9 cm³/mol. The molecule has 1 unspecified atom stereocenters. The molecule has 1 amide bonds. The molecule has 6 heteroatoms. The van der Waals surface area contributed by atoms with Crippen molar-refractivity contribution in [3.63, 3.8) is 0 Å². The number of anilines is 1. The lowest BCUT2D eigenvalue weighted by molar-refractivity contribution is -0.0785. The van der Waals surface area contributed by atoms with Crippen LogP contribution in [0, 0.1) is 0 Å². The van der Waals surface area contributed by atoms with Crippen molar-refractivity contribution < 1.29 is 14.3 Å². The molecule has 0 fully saturated rings. The molecule has 0 bridgehead atoms. The third-order valence-electron chi connectivity index (χ3n) is 3.38. The van der Waals surface area contributed by atoms with Gasteiger partial charge in [0, 0.05) is 18.4 Å². The molecule has 0 radical (unpaired) electrons. The summed E-state index contributed by atoms with van der Waals surface area (Å²) < 4.78 is 11.7. The maximum absolute atomic E-state index is 12.5. The molecule has 1 aromatic carbocycles. The Balaban J connectivity index is 1.77. The van der Waals surface area contributed by atoms with Crippen LogP contribution in [0.25, 0.3) is 0 Å². The summed E-state index contributed by atoms with van der Waals surface area (Å²) >= 11 is 1.32. The van der Waals surface area contributed by atoms with Gasteiger partial charge < -0.3 is 14.8 Å². The van der Waals surface area contributed by atoms with Crippen molar-refractivity contribution in [2.45, 2.75) is 13.2 Å². The highest BCUT2D eigenvalue weighted by molar-refractivity contribution is 7.12. The van der Waals surface area contributed by atoms with E-state index in [1.54, 1.807) is 30.6 Å². The normalized spacial score (nSPS) is 11.7. The number of hydrogen-bond donors (Lipinski definition) is 1. The summed E-state index contributed by atoms with van der Waals surface area (Å²) in [4.78, 5) is 17.0. The van der Waals surface area contributed by atoms with E-state index in [0.717, 1.165) is 5.56 Å². The summed E-state index contributed by atoms with van der Waals surface area (Å²) in [5, 5.41) is 4.64. The van der Waals surface area contributed by atoms with Gasteiger partial charge in [0.25, 0.3) is 5.91 Å². The predicted octanol–water partition coefficient (Wildman–Crippen LogP) is 4.51. The van der Waals surface area contributed by atoms with Crippen molar-refractivity contribution >= 4 is 22.9 Å². The van der Waals surface area contributed by atoms with Gasteiger partial charge in [-0.1, -0.05) is 30.3 Å². The number of benzene rings is 1. The number of thiophene rings is 1. The van der Waals surface area contributed by atoms with Crippen LogP contribution in [0.3, 0.4) is 0 Å². The number of nitrogens with one attached hydrogen (secondary N) is 1. The Kier molecular flexibility index (Phi) is 5.77. The first-order valence-corrected chi connectivity index (χ1v) is 8.78. The van der Waals surface area contributed by atoms with E-state index in [9.17, 15) is 4.79 Å². The topological polar surface area (TPSA) is 60.5 Å². The Morgan fingerprint density at radius 3 is 2.76 bits per heavy atom. The average molecular weight is 354 g/mol. The molecule has 3 rings (SSSR count). The monoisotopic (exact) mass is 354 g/mol. The molecule has 2 aromatic heterocycles. The van der Waals surface area contributed by atoms with Crippen LogP contribution < -0.4 is 10.1 Å². The summed E-state index contributed by atoms with van der Waals surface area (Å²) in [6.07, 6.45) is 2.69. The molecule has 25 heavy (non-hydrogen) atoms. The summed E-state index contributed by atoms with van der Waals surface area (Å²) in [5.41, 5.74) is 1.53. The number of amides is 1. The van der Waals surface area contributed by atoms with E-state index in [0.29, 0.717) is 22.9 Å². The van der Waals surface area contributed by atoms with E-state index < -0.39 is 6.29 Å². The van der Waals surface area contributed by atoms with Crippen molar-refractivity contribution in [3.05, 3.63) is 76.7 Å². The number of aromatic nitrogens is 1. The Morgan fingerprint density at radius 2 is 2.04 bits per heavy atom. The molecule has 0 aliphatic rings. The summed E-state index contributed by atoms with van der Waals surface area (Å²) in [5.74, 6) is 0.259. The van der Waals surface area contributed by atoms with E-state index >= 15 is 0 Å². The summed E-state index contributed by atoms with van der Waals surface area (Å²) in [7, 11) is 0. The third kappa shape index (κ3) is 4.43. The van der Waals surface area contributed by atoms with Gasteiger partial charge in [-0.15, -0.1) is 11.3 Å². The van der Waals surface area contributed by atoms with Gasteiger partial charge in [0.1, 0.15) is 10.6 Å². The maximum atomic E-state index is 12.5. The van der Waals surface area contributed by atoms with Gasteiger partial charge in [0.15, 0.2) is 0 Å². The van der Waals surface area contributed by atoms with Crippen molar-refractivity contribution in [3.8, 4) is 5.75 Å². The molecule has 1 atom stereocenters. The molecule has 0 aliphatic carbocycles. The molecule has 0 aliphatic heterocycles. The Morgan fingerprint density at radius 1 is 1.20 bits per heavy atom. The molecule has 1 N–H and O–H groups in total. The molecule has 0 spiro atoms. The van der Waals surface area contributed by atoms with Crippen LogP contribution in [0.5, 0.6) is 5.75 Å². The lowest BCUT2D eigenvalue weighted by atomic mass is 10.2. The van der Waals surface area contributed by atoms with Crippen LogP contribution >= 0.6 is 11.3 Å². The Hall–Kier alpha value is -2.70. The zero-order valence-corrected chi connectivity index (χ0v) is 14.5. The quantitative estimate of drug-likeness (QED) is 0.634. The molecule has 3 aromatic rings. The Bertz CT molecular complexity index is 806. The van der Waals surface area contributed by atoms with Gasteiger partial charge in [-0.05, 0) is 30.5 Å². The zero-order valence-electron chi connectivity index (χ0n) is 13.7. The number of carbonyl (C=O) groups excluding carboxylic acids is 1. The lowest BCUT2D eigenvalue weighted by Gasteiger charge is -2.19. The van der Waals surface area contributed by atoms with Crippen LogP contribution in [0.4, 0.5) is 5.69 Å². The van der Waals surface area contributed by atoms with E-state index in [4.69, 9.17) is 9.47 Å². The van der Waals surface area contributed by atoms with Crippen molar-refractivity contribution in [1.29, 1.82) is 0 Å². The fraction of sp³-hybridized carbons (Fsp3) is 0.158. The minimum absolute atomic E-state index is 0.235. The number of rotatable bonds is 7. The first kappa shape index (κ1) is 17.1. The zero-order chi connectivity index (χ0) is 17.5. The molecule has 2 heterocycles. The fourth-order valence-corrected chi connectivity index (χ4v) is 2.97. The highest BCUT2D eigenvalue weighted by Gasteiger charge is 2.20. The largest absolute Gasteiger partial charge is 0.459 e. The number of ether oxygens (including phenoxy) is 2. The standard InChI is InChI=1S/C19H18N2O3S/c1-2-23-19(14-7-4-3-5-8-14)24-16-10-12-25-17(16)18(22)21-15-9-6-11-20-13-15/h3-13,19H,2H2,1H3,(H,21,22). The SMILES string of the molecule is CCOC(Oc1ccsc1C(=O)Nc1cccnc1)c1ccccc1. The Labute approximate surface area is 150 Å². The number of nitrogens with zero attached hydrogens (tertiary/aromatic N) is 1. The smallest absolute Gasteiger partial charge is 0.269 e. The van der Waals surface area contributed by atoms with Gasteiger partial charge in [-0.3, -0.25) is 9.78 Å². The summed E-state index contributed by atoms with van der Waals surface area (Å²) in [6, 6.07) is 15.0. The van der Waals surface area contributed by atoms with E-state index in [1.165, 1.54) is 11.3 Å². The van der Waals surface area contributed by atoms with Crippen LogP contribution in [0.1, 0.15) is 28.4 Å². The fourth-order valence-electron chi connectivity index (χ4n) is 2.26. The number of carbonyl (C=O) groups is 1. The van der Waals surface area contributed by atoms with Crippen molar-refractivity contribution in [1.82, 2.24) is 4.98 Å². The first-order valence-electron chi connectivity index (χ1n) is 7.90. The van der Waals surface area contributed by atoms with Gasteiger partial charge in [-0.25, -0.2) is 0 Å². The first-order chi connectivity index (χ1) is 12.3. The van der Waals surface area contributed by atoms with E-state index in [-0.39, 0.29) is 5.91 Å². The minimum Gasteiger partial charge on any atom is -0.459 e. The lowest BCUT2D eigenvalue weighted by Crippen LogP contribution is -2.15. The van der Waals surface area contributed by atoms with E-state index in [2.05, 4.69) is 10.3 Å². The van der Waals surface area contributed by atoms with Crippen molar-refractivity contribution in [2.24, 2.45) is 0 Å². The van der Waals surface area contributed by atoms with Gasteiger partial charge >= 0.3 is 0 Å². The number of pyridine rings is 1.